The summed E-state index contributed by atoms with van der Waals surface area (Å²) >= 11 is 0. The number of carbonyl (C=O) groups excluding carboxylic acids is 2. The molecule has 9 heteroatoms. The van der Waals surface area contributed by atoms with Gasteiger partial charge in [-0.15, -0.1) is 0 Å². The summed E-state index contributed by atoms with van der Waals surface area (Å²) in [5.74, 6) is -1.03. The number of fused-ring (bicyclic) bond motifs is 1. The number of ether oxygens (including phenoxy) is 1. The molecule has 0 aliphatic carbocycles. The number of alkyl halides is 2. The average Bonchev–Trinajstić information content (AvgIpc) is 3.13. The predicted molar refractivity (Wildman–Crippen MR) is 103 cm³/mol. The maximum absolute atomic E-state index is 12.7. The fourth-order valence-electron chi connectivity index (χ4n) is 2.66. The lowest BCUT2D eigenvalue weighted by atomic mass is 10.1. The minimum atomic E-state index is -2.74. The molecule has 7 nitrogen and oxygen atoms in total. The van der Waals surface area contributed by atoms with Crippen LogP contribution in [-0.2, 0) is 4.79 Å². The first-order valence-corrected chi connectivity index (χ1v) is 8.87. The first-order chi connectivity index (χ1) is 13.8. The van der Waals surface area contributed by atoms with E-state index in [1.807, 2.05) is 26.0 Å². The van der Waals surface area contributed by atoms with Gasteiger partial charge in [-0.25, -0.2) is 13.8 Å². The highest BCUT2D eigenvalue weighted by Crippen LogP contribution is 2.22. The van der Waals surface area contributed by atoms with Gasteiger partial charge in [-0.1, -0.05) is 12.1 Å². The van der Waals surface area contributed by atoms with Crippen molar-refractivity contribution in [2.75, 3.05) is 0 Å². The molecule has 3 rings (SSSR count). The van der Waals surface area contributed by atoms with E-state index in [0.717, 1.165) is 11.1 Å². The summed E-state index contributed by atoms with van der Waals surface area (Å²) in [7, 11) is 0. The van der Waals surface area contributed by atoms with Gasteiger partial charge in [0, 0.05) is 5.56 Å². The van der Waals surface area contributed by atoms with Crippen molar-refractivity contribution < 1.29 is 23.1 Å². The van der Waals surface area contributed by atoms with Gasteiger partial charge in [-0.3, -0.25) is 20.4 Å². The van der Waals surface area contributed by atoms with E-state index in [4.69, 9.17) is 4.74 Å². The second kappa shape index (κ2) is 8.26. The Hall–Kier alpha value is -3.49. The first kappa shape index (κ1) is 20.2. The van der Waals surface area contributed by atoms with Crippen LogP contribution in [0.1, 0.15) is 40.7 Å². The summed E-state index contributed by atoms with van der Waals surface area (Å²) in [5.41, 5.74) is 7.33. The normalized spacial score (nSPS) is 12.1. The number of H-pyrrole nitrogens is 1. The minimum Gasteiger partial charge on any atom is -0.481 e. The Bertz CT molecular complexity index is 1070. The summed E-state index contributed by atoms with van der Waals surface area (Å²) < 4.78 is 31.1. The van der Waals surface area contributed by atoms with Gasteiger partial charge in [0.2, 0.25) is 0 Å². The van der Waals surface area contributed by atoms with Crippen LogP contribution < -0.4 is 15.6 Å². The number of benzene rings is 2. The molecule has 29 heavy (non-hydrogen) atoms. The van der Waals surface area contributed by atoms with Gasteiger partial charge in [0.15, 0.2) is 11.9 Å². The maximum atomic E-state index is 12.7. The highest BCUT2D eigenvalue weighted by atomic mass is 19.3. The Morgan fingerprint density at radius 3 is 2.62 bits per heavy atom. The van der Waals surface area contributed by atoms with Crippen LogP contribution in [0.15, 0.2) is 36.4 Å². The largest absolute Gasteiger partial charge is 0.481 e. The van der Waals surface area contributed by atoms with E-state index in [0.29, 0.717) is 16.8 Å². The molecule has 0 bridgehead atoms. The Morgan fingerprint density at radius 2 is 1.90 bits per heavy atom. The van der Waals surface area contributed by atoms with E-state index < -0.39 is 30.2 Å². The van der Waals surface area contributed by atoms with Gasteiger partial charge in [0.05, 0.1) is 11.0 Å². The van der Waals surface area contributed by atoms with E-state index in [1.165, 1.54) is 18.2 Å². The van der Waals surface area contributed by atoms with Gasteiger partial charge < -0.3 is 9.72 Å². The molecule has 1 atom stereocenters. The van der Waals surface area contributed by atoms with Crippen molar-refractivity contribution in [1.82, 2.24) is 20.8 Å². The topological polar surface area (TPSA) is 96.1 Å². The standard InChI is InChI=1S/C20H20F2N4O3/c1-10-5-4-6-16(11(10)2)29-12(3)19(27)25-26-20(28)13-7-8-14-15(9-13)24-18(23-14)17(21)22/h4-9,12,17H,1-3H3,(H,23,24)(H,25,27)(H,26,28). The zero-order valence-corrected chi connectivity index (χ0v) is 16.0. The van der Waals surface area contributed by atoms with Crippen molar-refractivity contribution in [1.29, 1.82) is 0 Å². The van der Waals surface area contributed by atoms with E-state index in [9.17, 15) is 18.4 Å². The Morgan fingerprint density at radius 1 is 1.14 bits per heavy atom. The number of rotatable bonds is 5. The van der Waals surface area contributed by atoms with Crippen LogP contribution in [0, 0.1) is 13.8 Å². The fourth-order valence-corrected chi connectivity index (χ4v) is 2.66. The molecule has 0 aliphatic rings. The van der Waals surface area contributed by atoms with Crippen LogP contribution in [0.4, 0.5) is 8.78 Å². The molecule has 152 valence electrons. The smallest absolute Gasteiger partial charge is 0.295 e. The van der Waals surface area contributed by atoms with Crippen LogP contribution in [-0.4, -0.2) is 27.9 Å². The molecule has 0 aliphatic heterocycles. The number of aromatic nitrogens is 2. The van der Waals surface area contributed by atoms with E-state index in [2.05, 4.69) is 20.8 Å². The zero-order chi connectivity index (χ0) is 21.1. The number of aromatic amines is 1. The number of imidazole rings is 1. The van der Waals surface area contributed by atoms with Gasteiger partial charge >= 0.3 is 0 Å². The molecule has 2 amide bonds. The number of aryl methyl sites for hydroxylation is 1. The number of amides is 2. The van der Waals surface area contributed by atoms with Crippen LogP contribution in [0.2, 0.25) is 0 Å². The molecule has 0 fully saturated rings. The quantitative estimate of drug-likeness (QED) is 0.571. The molecule has 0 radical (unpaired) electrons. The van der Waals surface area contributed by atoms with Gasteiger partial charge in [0.25, 0.3) is 18.2 Å². The second-order valence-corrected chi connectivity index (χ2v) is 6.56. The molecular weight excluding hydrogens is 382 g/mol. The first-order valence-electron chi connectivity index (χ1n) is 8.87. The van der Waals surface area contributed by atoms with Crippen molar-refractivity contribution >= 4 is 22.8 Å². The number of hydrogen-bond donors (Lipinski definition) is 3. The van der Waals surface area contributed by atoms with Gasteiger partial charge in [0.1, 0.15) is 5.75 Å². The Balaban J connectivity index is 1.61. The third kappa shape index (κ3) is 4.50. The van der Waals surface area contributed by atoms with Crippen molar-refractivity contribution in [2.24, 2.45) is 0 Å². The third-order valence-corrected chi connectivity index (χ3v) is 4.50. The Kier molecular flexibility index (Phi) is 5.76. The van der Waals surface area contributed by atoms with Crippen molar-refractivity contribution in [3.05, 3.63) is 58.9 Å². The second-order valence-electron chi connectivity index (χ2n) is 6.56. The van der Waals surface area contributed by atoms with Crippen LogP contribution in [0.25, 0.3) is 11.0 Å². The number of nitrogens with one attached hydrogen (secondary N) is 3. The monoisotopic (exact) mass is 402 g/mol. The molecule has 1 unspecified atom stereocenters. The SMILES string of the molecule is Cc1cccc(OC(C)C(=O)NNC(=O)c2ccc3nc(C(F)F)[nH]c3c2)c1C. The molecule has 1 aromatic heterocycles. The lowest BCUT2D eigenvalue weighted by Gasteiger charge is -2.17. The highest BCUT2D eigenvalue weighted by molar-refractivity contribution is 5.98. The molecule has 0 saturated heterocycles. The third-order valence-electron chi connectivity index (χ3n) is 4.50. The minimum absolute atomic E-state index is 0.172. The highest BCUT2D eigenvalue weighted by Gasteiger charge is 2.18. The Labute approximate surface area is 165 Å². The number of carbonyl (C=O) groups is 2. The predicted octanol–water partition coefficient (Wildman–Crippen LogP) is 3.35. The molecule has 0 saturated carbocycles. The zero-order valence-electron chi connectivity index (χ0n) is 16.0. The van der Waals surface area contributed by atoms with Crippen LogP contribution in [0.5, 0.6) is 5.75 Å². The summed E-state index contributed by atoms with van der Waals surface area (Å²) in [5, 5.41) is 0. The molecule has 3 aromatic rings. The number of hydrazine groups is 1. The molecular formula is C20H20F2N4O3. The van der Waals surface area contributed by atoms with E-state index in [1.54, 1.807) is 13.0 Å². The number of nitrogens with zero attached hydrogens (tertiary/aromatic N) is 1. The van der Waals surface area contributed by atoms with Crippen LogP contribution in [0.3, 0.4) is 0 Å². The molecule has 1 heterocycles. The number of hydrogen-bond acceptors (Lipinski definition) is 4. The van der Waals surface area contributed by atoms with E-state index in [-0.39, 0.29) is 5.56 Å². The molecule has 0 spiro atoms. The molecule has 3 N–H and O–H groups in total. The summed E-state index contributed by atoms with van der Waals surface area (Å²) in [6, 6.07) is 9.78. The van der Waals surface area contributed by atoms with Crippen molar-refractivity contribution in [3.63, 3.8) is 0 Å². The summed E-state index contributed by atoms with van der Waals surface area (Å²) in [6.07, 6.45) is -3.59. The van der Waals surface area contributed by atoms with Crippen molar-refractivity contribution in [2.45, 2.75) is 33.3 Å². The van der Waals surface area contributed by atoms with Gasteiger partial charge in [-0.05, 0) is 56.2 Å². The summed E-state index contributed by atoms with van der Waals surface area (Å²) in [4.78, 5) is 30.7. The maximum Gasteiger partial charge on any atom is 0.295 e. The van der Waals surface area contributed by atoms with Gasteiger partial charge in [-0.2, -0.15) is 0 Å². The lowest BCUT2D eigenvalue weighted by molar-refractivity contribution is -0.128. The fraction of sp³-hybridized carbons (Fsp3) is 0.250. The average molecular weight is 402 g/mol. The van der Waals surface area contributed by atoms with E-state index >= 15 is 0 Å². The van der Waals surface area contributed by atoms with Crippen molar-refractivity contribution in [3.8, 4) is 5.75 Å². The lowest BCUT2D eigenvalue weighted by Crippen LogP contribution is -2.47. The molecule has 2 aromatic carbocycles. The summed E-state index contributed by atoms with van der Waals surface area (Å²) in [6.45, 7) is 5.39. The number of halogens is 2. The van der Waals surface area contributed by atoms with Crippen LogP contribution >= 0.6 is 0 Å².